The minimum atomic E-state index is -0.146. The van der Waals surface area contributed by atoms with Gasteiger partial charge in [0, 0.05) is 5.92 Å². The molecule has 1 aliphatic rings. The zero-order chi connectivity index (χ0) is 12.3. The van der Waals surface area contributed by atoms with Crippen molar-refractivity contribution in [2.75, 3.05) is 13.1 Å². The van der Waals surface area contributed by atoms with Gasteiger partial charge in [-0.05, 0) is 25.9 Å². The molecule has 0 amide bonds. The zero-order valence-electron chi connectivity index (χ0n) is 10.3. The molecule has 0 unspecified atom stereocenters. The van der Waals surface area contributed by atoms with Gasteiger partial charge in [-0.2, -0.15) is 4.98 Å². The number of piperidine rings is 1. The third kappa shape index (κ3) is 3.30. The molecule has 0 saturated carbocycles. The minimum absolute atomic E-state index is 0.146. The Morgan fingerprint density at radius 2 is 2.12 bits per heavy atom. The van der Waals surface area contributed by atoms with Gasteiger partial charge in [0.15, 0.2) is 0 Å². The molecule has 2 rings (SSSR count). The minimum Gasteiger partial charge on any atom is -0.474 e. The van der Waals surface area contributed by atoms with E-state index in [1.807, 2.05) is 13.8 Å². The topological polar surface area (TPSA) is 67.0 Å². The van der Waals surface area contributed by atoms with Gasteiger partial charge in [0.2, 0.25) is 5.88 Å². The molecule has 0 atom stereocenters. The summed E-state index contributed by atoms with van der Waals surface area (Å²) in [5.41, 5.74) is -0.146. The van der Waals surface area contributed by atoms with Gasteiger partial charge in [-0.3, -0.25) is 4.79 Å². The van der Waals surface area contributed by atoms with Crippen LogP contribution < -0.4 is 15.6 Å². The number of aromatic amines is 1. The van der Waals surface area contributed by atoms with Crippen molar-refractivity contribution in [2.45, 2.75) is 38.7 Å². The van der Waals surface area contributed by atoms with Crippen molar-refractivity contribution in [3.63, 3.8) is 0 Å². The summed E-state index contributed by atoms with van der Waals surface area (Å²) in [5, 5.41) is 3.27. The molecule has 1 aromatic rings. The Labute approximate surface area is 101 Å². The molecule has 1 saturated heterocycles. The standard InChI is InChI=1S/C12H19N3O2/c1-8(2)12-14-10(16)7-11(15-12)17-9-3-5-13-6-4-9/h7-9,13H,3-6H2,1-2H3,(H,14,15,16). The monoisotopic (exact) mass is 237 g/mol. The first-order valence-corrected chi connectivity index (χ1v) is 6.14. The average Bonchev–Trinajstić information content (AvgIpc) is 2.29. The highest BCUT2D eigenvalue weighted by atomic mass is 16.5. The molecule has 5 nitrogen and oxygen atoms in total. The summed E-state index contributed by atoms with van der Waals surface area (Å²) in [6.07, 6.45) is 2.10. The fourth-order valence-electron chi connectivity index (χ4n) is 1.87. The molecule has 0 aliphatic carbocycles. The number of hydrogen-bond donors (Lipinski definition) is 2. The molecule has 2 heterocycles. The van der Waals surface area contributed by atoms with Crippen LogP contribution in [0.4, 0.5) is 0 Å². The van der Waals surface area contributed by atoms with E-state index >= 15 is 0 Å². The first kappa shape index (κ1) is 12.1. The summed E-state index contributed by atoms with van der Waals surface area (Å²) in [5.74, 6) is 1.32. The molecule has 0 bridgehead atoms. The Kier molecular flexibility index (Phi) is 3.78. The lowest BCUT2D eigenvalue weighted by molar-refractivity contribution is 0.155. The maximum absolute atomic E-state index is 11.5. The molecule has 0 spiro atoms. The van der Waals surface area contributed by atoms with E-state index in [4.69, 9.17) is 4.74 Å². The van der Waals surface area contributed by atoms with E-state index in [9.17, 15) is 4.79 Å². The molecule has 1 aromatic heterocycles. The quantitative estimate of drug-likeness (QED) is 0.823. The fourth-order valence-corrected chi connectivity index (χ4v) is 1.87. The number of ether oxygens (including phenoxy) is 1. The van der Waals surface area contributed by atoms with Crippen LogP contribution in [0.1, 0.15) is 38.4 Å². The molecule has 2 N–H and O–H groups in total. The van der Waals surface area contributed by atoms with E-state index in [-0.39, 0.29) is 17.6 Å². The van der Waals surface area contributed by atoms with Crippen molar-refractivity contribution in [3.05, 3.63) is 22.2 Å². The second-order valence-corrected chi connectivity index (χ2v) is 4.69. The van der Waals surface area contributed by atoms with Gasteiger partial charge in [0.1, 0.15) is 11.9 Å². The first-order chi connectivity index (χ1) is 8.15. The summed E-state index contributed by atoms with van der Waals surface area (Å²) in [7, 11) is 0. The second-order valence-electron chi connectivity index (χ2n) is 4.69. The highest BCUT2D eigenvalue weighted by Crippen LogP contribution is 2.15. The highest BCUT2D eigenvalue weighted by Gasteiger charge is 2.16. The lowest BCUT2D eigenvalue weighted by Gasteiger charge is -2.23. The smallest absolute Gasteiger partial charge is 0.254 e. The van der Waals surface area contributed by atoms with Gasteiger partial charge in [-0.1, -0.05) is 13.8 Å². The Morgan fingerprint density at radius 3 is 2.76 bits per heavy atom. The fraction of sp³-hybridized carbons (Fsp3) is 0.667. The normalized spacial score (nSPS) is 17.4. The Morgan fingerprint density at radius 1 is 1.41 bits per heavy atom. The van der Waals surface area contributed by atoms with Crippen LogP contribution in [0.3, 0.4) is 0 Å². The van der Waals surface area contributed by atoms with Gasteiger partial charge in [-0.15, -0.1) is 0 Å². The summed E-state index contributed by atoms with van der Waals surface area (Å²) >= 11 is 0. The molecule has 0 aromatic carbocycles. The molecular weight excluding hydrogens is 218 g/mol. The van der Waals surface area contributed by atoms with Crippen molar-refractivity contribution in [1.82, 2.24) is 15.3 Å². The van der Waals surface area contributed by atoms with Gasteiger partial charge in [0.25, 0.3) is 5.56 Å². The third-order valence-corrected chi connectivity index (χ3v) is 2.86. The zero-order valence-corrected chi connectivity index (χ0v) is 10.3. The van der Waals surface area contributed by atoms with E-state index < -0.39 is 0 Å². The van der Waals surface area contributed by atoms with Crippen molar-refractivity contribution in [2.24, 2.45) is 0 Å². The Bertz CT molecular complexity index is 422. The predicted octanol–water partition coefficient (Wildman–Crippen LogP) is 1.02. The van der Waals surface area contributed by atoms with Crippen molar-refractivity contribution in [3.8, 4) is 5.88 Å². The number of aromatic nitrogens is 2. The van der Waals surface area contributed by atoms with E-state index in [0.29, 0.717) is 11.7 Å². The van der Waals surface area contributed by atoms with Crippen LogP contribution in [0, 0.1) is 0 Å². The Balaban J connectivity index is 2.11. The predicted molar refractivity (Wildman–Crippen MR) is 65.5 cm³/mol. The summed E-state index contributed by atoms with van der Waals surface area (Å²) in [6, 6.07) is 1.42. The van der Waals surface area contributed by atoms with Gasteiger partial charge < -0.3 is 15.0 Å². The number of nitrogens with zero attached hydrogens (tertiary/aromatic N) is 1. The molecule has 1 aliphatic heterocycles. The highest BCUT2D eigenvalue weighted by molar-refractivity contribution is 5.11. The van der Waals surface area contributed by atoms with Crippen molar-refractivity contribution in [1.29, 1.82) is 0 Å². The summed E-state index contributed by atoms with van der Waals surface area (Å²) in [6.45, 7) is 5.91. The number of nitrogens with one attached hydrogen (secondary N) is 2. The molecule has 94 valence electrons. The Hall–Kier alpha value is -1.36. The molecular formula is C12H19N3O2. The summed E-state index contributed by atoms with van der Waals surface area (Å²) < 4.78 is 5.76. The largest absolute Gasteiger partial charge is 0.474 e. The number of H-pyrrole nitrogens is 1. The van der Waals surface area contributed by atoms with Crippen LogP contribution in [0.5, 0.6) is 5.88 Å². The molecule has 0 radical (unpaired) electrons. The van der Waals surface area contributed by atoms with Gasteiger partial charge in [-0.25, -0.2) is 0 Å². The maximum atomic E-state index is 11.5. The third-order valence-electron chi connectivity index (χ3n) is 2.86. The van der Waals surface area contributed by atoms with Crippen LogP contribution in [0.15, 0.2) is 10.9 Å². The van der Waals surface area contributed by atoms with E-state index in [1.54, 1.807) is 0 Å². The van der Waals surface area contributed by atoms with E-state index in [2.05, 4.69) is 15.3 Å². The number of hydrogen-bond acceptors (Lipinski definition) is 4. The first-order valence-electron chi connectivity index (χ1n) is 6.14. The van der Waals surface area contributed by atoms with E-state index in [0.717, 1.165) is 25.9 Å². The van der Waals surface area contributed by atoms with Gasteiger partial charge >= 0.3 is 0 Å². The lowest BCUT2D eigenvalue weighted by atomic mass is 10.1. The van der Waals surface area contributed by atoms with Crippen LogP contribution >= 0.6 is 0 Å². The van der Waals surface area contributed by atoms with Crippen LogP contribution in [0.2, 0.25) is 0 Å². The average molecular weight is 237 g/mol. The van der Waals surface area contributed by atoms with Crippen molar-refractivity contribution < 1.29 is 4.74 Å². The molecule has 1 fully saturated rings. The lowest BCUT2D eigenvalue weighted by Crippen LogP contribution is -2.34. The van der Waals surface area contributed by atoms with Crippen molar-refractivity contribution >= 4 is 0 Å². The molecule has 17 heavy (non-hydrogen) atoms. The van der Waals surface area contributed by atoms with Crippen LogP contribution in [-0.2, 0) is 0 Å². The van der Waals surface area contributed by atoms with Crippen LogP contribution in [0.25, 0.3) is 0 Å². The second kappa shape index (κ2) is 5.31. The van der Waals surface area contributed by atoms with E-state index in [1.165, 1.54) is 6.07 Å². The van der Waals surface area contributed by atoms with Crippen LogP contribution in [-0.4, -0.2) is 29.2 Å². The maximum Gasteiger partial charge on any atom is 0.254 e. The van der Waals surface area contributed by atoms with Gasteiger partial charge in [0.05, 0.1) is 6.07 Å². The summed E-state index contributed by atoms with van der Waals surface area (Å²) in [4.78, 5) is 18.5. The SMILES string of the molecule is CC(C)c1nc(OC2CCNCC2)cc(=O)[nH]1. The number of rotatable bonds is 3. The molecule has 5 heteroatoms.